The lowest BCUT2D eigenvalue weighted by Gasteiger charge is -2.32. The topological polar surface area (TPSA) is 75.7 Å². The van der Waals surface area contributed by atoms with Crippen LogP contribution < -0.4 is 10.1 Å². The highest BCUT2D eigenvalue weighted by atomic mass is 35.5. The lowest BCUT2D eigenvalue weighted by molar-refractivity contribution is -0.126. The Bertz CT molecular complexity index is 962. The van der Waals surface area contributed by atoms with Crippen LogP contribution in [0, 0.1) is 5.92 Å². The van der Waals surface area contributed by atoms with Gasteiger partial charge in [0.2, 0.25) is 15.9 Å². The first kappa shape index (κ1) is 22.6. The number of carbonyl (C=O) groups is 1. The van der Waals surface area contributed by atoms with Crippen LogP contribution in [-0.2, 0) is 14.8 Å². The second-order valence-electron chi connectivity index (χ2n) is 7.40. The zero-order valence-corrected chi connectivity index (χ0v) is 18.7. The minimum absolute atomic E-state index is 0.119. The van der Waals surface area contributed by atoms with Crippen LogP contribution in [0.4, 0.5) is 0 Å². The molecule has 0 aliphatic carbocycles. The molecule has 8 heteroatoms. The average molecular weight is 451 g/mol. The third kappa shape index (κ3) is 5.14. The number of benzene rings is 2. The fourth-order valence-corrected chi connectivity index (χ4v) is 5.33. The minimum atomic E-state index is -3.66. The fourth-order valence-electron chi connectivity index (χ4n) is 3.68. The third-order valence-electron chi connectivity index (χ3n) is 5.45. The number of halogens is 1. The van der Waals surface area contributed by atoms with Gasteiger partial charge in [-0.3, -0.25) is 4.79 Å². The van der Waals surface area contributed by atoms with Crippen molar-refractivity contribution >= 4 is 27.5 Å². The first-order valence-electron chi connectivity index (χ1n) is 10.0. The Balaban J connectivity index is 1.69. The standard InChI is InChI=1S/C22H27ClN2O4S/c1-3-21(16-6-8-18(23)9-7-16)24-22(26)17-5-4-14-25(15-17)30(27,28)20-12-10-19(29-2)11-13-20/h6-13,17,21H,3-5,14-15H2,1-2H3,(H,24,26). The van der Waals surface area contributed by atoms with E-state index in [0.717, 1.165) is 12.0 Å². The quantitative estimate of drug-likeness (QED) is 0.691. The molecule has 1 saturated heterocycles. The summed E-state index contributed by atoms with van der Waals surface area (Å²) in [6.45, 7) is 2.59. The normalized spacial score (nSPS) is 18.6. The summed E-state index contributed by atoms with van der Waals surface area (Å²) in [4.78, 5) is 13.1. The highest BCUT2D eigenvalue weighted by molar-refractivity contribution is 7.89. The number of amides is 1. The molecule has 2 aromatic rings. The van der Waals surface area contributed by atoms with Crippen molar-refractivity contribution in [2.75, 3.05) is 20.2 Å². The Morgan fingerprint density at radius 3 is 2.47 bits per heavy atom. The van der Waals surface area contributed by atoms with E-state index in [-0.39, 0.29) is 29.3 Å². The summed E-state index contributed by atoms with van der Waals surface area (Å²) in [7, 11) is -2.13. The van der Waals surface area contributed by atoms with E-state index in [1.807, 2.05) is 19.1 Å². The molecule has 0 aromatic heterocycles. The van der Waals surface area contributed by atoms with Crippen molar-refractivity contribution in [2.24, 2.45) is 5.92 Å². The Hall–Kier alpha value is -2.09. The number of piperidine rings is 1. The van der Waals surface area contributed by atoms with E-state index < -0.39 is 10.0 Å². The summed E-state index contributed by atoms with van der Waals surface area (Å²) in [5.41, 5.74) is 0.980. The van der Waals surface area contributed by atoms with Crippen LogP contribution in [-0.4, -0.2) is 38.8 Å². The van der Waals surface area contributed by atoms with Gasteiger partial charge in [-0.25, -0.2) is 8.42 Å². The maximum absolute atomic E-state index is 13.0. The molecule has 0 spiro atoms. The summed E-state index contributed by atoms with van der Waals surface area (Å²) in [5.74, 6) is 0.0946. The smallest absolute Gasteiger partial charge is 0.243 e. The molecule has 1 aliphatic heterocycles. The van der Waals surface area contributed by atoms with E-state index in [1.54, 1.807) is 24.3 Å². The van der Waals surface area contributed by atoms with Crippen LogP contribution in [0.25, 0.3) is 0 Å². The molecular weight excluding hydrogens is 424 g/mol. The zero-order valence-electron chi connectivity index (χ0n) is 17.2. The van der Waals surface area contributed by atoms with Crippen LogP contribution in [0.15, 0.2) is 53.4 Å². The maximum atomic E-state index is 13.0. The maximum Gasteiger partial charge on any atom is 0.243 e. The monoisotopic (exact) mass is 450 g/mol. The van der Waals surface area contributed by atoms with Gasteiger partial charge < -0.3 is 10.1 Å². The summed E-state index contributed by atoms with van der Waals surface area (Å²) in [6, 6.07) is 13.6. The van der Waals surface area contributed by atoms with Gasteiger partial charge in [-0.15, -0.1) is 0 Å². The van der Waals surface area contributed by atoms with E-state index in [4.69, 9.17) is 16.3 Å². The van der Waals surface area contributed by atoms with Crippen molar-refractivity contribution in [3.05, 3.63) is 59.1 Å². The molecule has 1 fully saturated rings. The summed E-state index contributed by atoms with van der Waals surface area (Å²) < 4.78 is 32.6. The van der Waals surface area contributed by atoms with E-state index in [9.17, 15) is 13.2 Å². The van der Waals surface area contributed by atoms with Crippen molar-refractivity contribution in [3.63, 3.8) is 0 Å². The molecule has 0 bridgehead atoms. The number of methoxy groups -OCH3 is 1. The SMILES string of the molecule is CCC(NC(=O)C1CCCN(S(=O)(=O)c2ccc(OC)cc2)C1)c1ccc(Cl)cc1. The Morgan fingerprint density at radius 2 is 1.87 bits per heavy atom. The van der Waals surface area contributed by atoms with Crippen LogP contribution in [0.3, 0.4) is 0 Å². The number of ether oxygens (including phenoxy) is 1. The van der Waals surface area contributed by atoms with E-state index >= 15 is 0 Å². The van der Waals surface area contributed by atoms with E-state index in [0.29, 0.717) is 30.2 Å². The Labute approximate surface area is 183 Å². The largest absolute Gasteiger partial charge is 0.497 e. The van der Waals surface area contributed by atoms with Gasteiger partial charge in [0.05, 0.1) is 24.0 Å². The van der Waals surface area contributed by atoms with Gasteiger partial charge in [0, 0.05) is 18.1 Å². The molecule has 1 N–H and O–H groups in total. The Kier molecular flexibility index (Phi) is 7.39. The van der Waals surface area contributed by atoms with Crippen molar-refractivity contribution in [1.82, 2.24) is 9.62 Å². The highest BCUT2D eigenvalue weighted by Crippen LogP contribution is 2.26. The summed E-state index contributed by atoms with van der Waals surface area (Å²) in [5, 5.41) is 3.72. The fraction of sp³-hybridized carbons (Fsp3) is 0.409. The molecule has 0 radical (unpaired) electrons. The molecule has 30 heavy (non-hydrogen) atoms. The van der Waals surface area contributed by atoms with Crippen molar-refractivity contribution in [1.29, 1.82) is 0 Å². The number of hydrogen-bond donors (Lipinski definition) is 1. The van der Waals surface area contributed by atoms with E-state index in [2.05, 4.69) is 5.32 Å². The molecule has 2 aromatic carbocycles. The van der Waals surface area contributed by atoms with Gasteiger partial charge in [-0.1, -0.05) is 30.7 Å². The number of sulfonamides is 1. The molecule has 3 rings (SSSR count). The number of carbonyl (C=O) groups excluding carboxylic acids is 1. The predicted molar refractivity (Wildman–Crippen MR) is 117 cm³/mol. The first-order valence-corrected chi connectivity index (χ1v) is 11.9. The second kappa shape index (κ2) is 9.81. The molecule has 6 nitrogen and oxygen atoms in total. The molecule has 2 unspecified atom stereocenters. The van der Waals surface area contributed by atoms with Gasteiger partial charge in [0.1, 0.15) is 5.75 Å². The number of hydrogen-bond acceptors (Lipinski definition) is 4. The van der Waals surface area contributed by atoms with E-state index in [1.165, 1.54) is 23.5 Å². The number of rotatable bonds is 7. The molecule has 0 saturated carbocycles. The molecule has 1 heterocycles. The lowest BCUT2D eigenvalue weighted by atomic mass is 9.97. The third-order valence-corrected chi connectivity index (χ3v) is 7.58. The average Bonchev–Trinajstić information content (AvgIpc) is 2.78. The molecule has 162 valence electrons. The van der Waals surface area contributed by atoms with Gasteiger partial charge >= 0.3 is 0 Å². The molecule has 2 atom stereocenters. The van der Waals surface area contributed by atoms with Gasteiger partial charge in [-0.05, 0) is 61.2 Å². The molecule has 1 aliphatic rings. The summed E-state index contributed by atoms with van der Waals surface area (Å²) in [6.07, 6.45) is 2.04. The number of nitrogens with zero attached hydrogens (tertiary/aromatic N) is 1. The van der Waals surface area contributed by atoms with Crippen LogP contribution in [0.5, 0.6) is 5.75 Å². The highest BCUT2D eigenvalue weighted by Gasteiger charge is 2.34. The van der Waals surface area contributed by atoms with Crippen LogP contribution in [0.2, 0.25) is 5.02 Å². The van der Waals surface area contributed by atoms with Crippen molar-refractivity contribution in [3.8, 4) is 5.75 Å². The van der Waals surface area contributed by atoms with Gasteiger partial charge in [0.25, 0.3) is 0 Å². The molecular formula is C22H27ClN2O4S. The lowest BCUT2D eigenvalue weighted by Crippen LogP contribution is -2.46. The van der Waals surface area contributed by atoms with Gasteiger partial charge in [-0.2, -0.15) is 4.31 Å². The summed E-state index contributed by atoms with van der Waals surface area (Å²) >= 11 is 5.96. The zero-order chi connectivity index (χ0) is 21.7. The second-order valence-corrected chi connectivity index (χ2v) is 9.77. The van der Waals surface area contributed by atoms with Crippen LogP contribution in [0.1, 0.15) is 37.8 Å². The number of nitrogens with one attached hydrogen (secondary N) is 1. The molecule has 1 amide bonds. The first-order chi connectivity index (χ1) is 14.3. The predicted octanol–water partition coefficient (Wildman–Crippen LogP) is 4.02. The van der Waals surface area contributed by atoms with Crippen molar-refractivity contribution in [2.45, 2.75) is 37.1 Å². The van der Waals surface area contributed by atoms with Crippen LogP contribution >= 0.6 is 11.6 Å². The van der Waals surface area contributed by atoms with Gasteiger partial charge in [0.15, 0.2) is 0 Å². The Morgan fingerprint density at radius 1 is 1.20 bits per heavy atom. The van der Waals surface area contributed by atoms with Crippen molar-refractivity contribution < 1.29 is 17.9 Å². The minimum Gasteiger partial charge on any atom is -0.497 e.